The van der Waals surface area contributed by atoms with Gasteiger partial charge in [-0.2, -0.15) is 0 Å². The zero-order valence-corrected chi connectivity index (χ0v) is 12.7. The van der Waals surface area contributed by atoms with Crippen molar-refractivity contribution in [3.8, 4) is 5.75 Å². The van der Waals surface area contributed by atoms with E-state index in [1.165, 1.54) is 19.2 Å². The maximum atomic E-state index is 13.5. The van der Waals surface area contributed by atoms with Gasteiger partial charge in [-0.05, 0) is 30.2 Å². The smallest absolute Gasteiger partial charge is 0.239 e. The molecule has 2 rings (SSSR count). The van der Waals surface area contributed by atoms with E-state index in [4.69, 9.17) is 4.74 Å². The average molecular weight is 302 g/mol. The Morgan fingerprint density at radius 2 is 2.00 bits per heavy atom. The van der Waals surface area contributed by atoms with Gasteiger partial charge in [0.1, 0.15) is 0 Å². The standard InChI is InChI=1S/C17H19FN2O2/c1-12-5-3-4-6-13(12)10-20-17(21)11-19-14-7-8-16(22-2)15(18)9-14/h3-9,19H,10-11H2,1-2H3,(H,20,21). The highest BCUT2D eigenvalue weighted by molar-refractivity contribution is 5.80. The molecule has 0 aromatic heterocycles. The minimum Gasteiger partial charge on any atom is -0.494 e. The van der Waals surface area contributed by atoms with E-state index in [9.17, 15) is 9.18 Å². The zero-order valence-electron chi connectivity index (χ0n) is 12.7. The lowest BCUT2D eigenvalue weighted by atomic mass is 10.1. The lowest BCUT2D eigenvalue weighted by molar-refractivity contribution is -0.119. The Morgan fingerprint density at radius 3 is 2.68 bits per heavy atom. The third-order valence-electron chi connectivity index (χ3n) is 3.34. The summed E-state index contributed by atoms with van der Waals surface area (Å²) < 4.78 is 18.4. The molecule has 0 aliphatic rings. The van der Waals surface area contributed by atoms with Crippen LogP contribution in [0, 0.1) is 12.7 Å². The molecule has 5 heteroatoms. The van der Waals surface area contributed by atoms with Gasteiger partial charge in [-0.1, -0.05) is 24.3 Å². The quantitative estimate of drug-likeness (QED) is 0.862. The molecule has 0 bridgehead atoms. The number of benzene rings is 2. The minimum atomic E-state index is -0.465. The maximum Gasteiger partial charge on any atom is 0.239 e. The molecule has 0 heterocycles. The first-order valence-corrected chi connectivity index (χ1v) is 6.99. The summed E-state index contributed by atoms with van der Waals surface area (Å²) in [4.78, 5) is 11.8. The molecule has 2 aromatic rings. The lowest BCUT2D eigenvalue weighted by Gasteiger charge is -2.10. The second kappa shape index (κ2) is 7.45. The normalized spacial score (nSPS) is 10.1. The zero-order chi connectivity index (χ0) is 15.9. The summed E-state index contributed by atoms with van der Waals surface area (Å²) in [5, 5.41) is 5.71. The molecule has 0 aliphatic heterocycles. The van der Waals surface area contributed by atoms with E-state index in [2.05, 4.69) is 10.6 Å². The largest absolute Gasteiger partial charge is 0.494 e. The van der Waals surface area contributed by atoms with Crippen LogP contribution >= 0.6 is 0 Å². The second-order valence-electron chi connectivity index (χ2n) is 4.91. The van der Waals surface area contributed by atoms with Gasteiger partial charge in [0.05, 0.1) is 13.7 Å². The van der Waals surface area contributed by atoms with Crippen LogP contribution in [0.25, 0.3) is 0 Å². The number of nitrogens with one attached hydrogen (secondary N) is 2. The van der Waals surface area contributed by atoms with Crippen LogP contribution in [0.3, 0.4) is 0 Å². The van der Waals surface area contributed by atoms with Crippen LogP contribution in [0.4, 0.5) is 10.1 Å². The summed E-state index contributed by atoms with van der Waals surface area (Å²) >= 11 is 0. The maximum absolute atomic E-state index is 13.5. The topological polar surface area (TPSA) is 50.4 Å². The van der Waals surface area contributed by atoms with Gasteiger partial charge in [-0.15, -0.1) is 0 Å². The highest BCUT2D eigenvalue weighted by atomic mass is 19.1. The van der Waals surface area contributed by atoms with E-state index in [-0.39, 0.29) is 18.2 Å². The molecule has 4 nitrogen and oxygen atoms in total. The second-order valence-corrected chi connectivity index (χ2v) is 4.91. The lowest BCUT2D eigenvalue weighted by Crippen LogP contribution is -2.29. The van der Waals surface area contributed by atoms with Crippen LogP contribution in [0.2, 0.25) is 0 Å². The minimum absolute atomic E-state index is 0.0810. The van der Waals surface area contributed by atoms with Crippen molar-refractivity contribution in [2.24, 2.45) is 0 Å². The fourth-order valence-corrected chi connectivity index (χ4v) is 2.02. The fraction of sp³-hybridized carbons (Fsp3) is 0.235. The monoisotopic (exact) mass is 302 g/mol. The summed E-state index contributed by atoms with van der Waals surface area (Å²) in [7, 11) is 1.41. The number of aryl methyl sites for hydroxylation is 1. The summed E-state index contributed by atoms with van der Waals surface area (Å²) in [5.74, 6) is -0.443. The number of rotatable bonds is 6. The Morgan fingerprint density at radius 1 is 1.23 bits per heavy atom. The number of carbonyl (C=O) groups excluding carboxylic acids is 1. The van der Waals surface area contributed by atoms with Gasteiger partial charge in [-0.25, -0.2) is 4.39 Å². The van der Waals surface area contributed by atoms with Gasteiger partial charge < -0.3 is 15.4 Å². The van der Waals surface area contributed by atoms with Crippen molar-refractivity contribution in [1.29, 1.82) is 0 Å². The highest BCUT2D eigenvalue weighted by Crippen LogP contribution is 2.20. The summed E-state index contributed by atoms with van der Waals surface area (Å²) in [6.45, 7) is 2.56. The molecule has 2 N–H and O–H groups in total. The molecular formula is C17H19FN2O2. The van der Waals surface area contributed by atoms with Gasteiger partial charge in [0.25, 0.3) is 0 Å². The molecule has 2 aromatic carbocycles. The Kier molecular flexibility index (Phi) is 5.36. The van der Waals surface area contributed by atoms with Gasteiger partial charge in [0, 0.05) is 18.3 Å². The summed E-state index contributed by atoms with van der Waals surface area (Å²) in [5.41, 5.74) is 2.74. The van der Waals surface area contributed by atoms with Crippen LogP contribution in [0.1, 0.15) is 11.1 Å². The van der Waals surface area contributed by atoms with Crippen LogP contribution in [0.15, 0.2) is 42.5 Å². The molecule has 1 amide bonds. The molecular weight excluding hydrogens is 283 g/mol. The van der Waals surface area contributed by atoms with Gasteiger partial charge in [0.2, 0.25) is 5.91 Å². The van der Waals surface area contributed by atoms with Gasteiger partial charge in [-0.3, -0.25) is 4.79 Å². The Labute approximate surface area is 129 Å². The predicted molar refractivity (Wildman–Crippen MR) is 84.5 cm³/mol. The van der Waals surface area contributed by atoms with E-state index in [1.54, 1.807) is 6.07 Å². The van der Waals surface area contributed by atoms with Gasteiger partial charge >= 0.3 is 0 Å². The number of anilines is 1. The molecule has 22 heavy (non-hydrogen) atoms. The van der Waals surface area contributed by atoms with Gasteiger partial charge in [0.15, 0.2) is 11.6 Å². The molecule has 0 atom stereocenters. The Hall–Kier alpha value is -2.56. The van der Waals surface area contributed by atoms with Crippen molar-refractivity contribution in [2.75, 3.05) is 19.0 Å². The van der Waals surface area contributed by atoms with E-state index in [1.807, 2.05) is 31.2 Å². The molecule has 0 aliphatic carbocycles. The molecule has 0 unspecified atom stereocenters. The van der Waals surface area contributed by atoms with E-state index in [0.29, 0.717) is 12.2 Å². The van der Waals surface area contributed by atoms with E-state index < -0.39 is 5.82 Å². The molecule has 0 spiro atoms. The number of methoxy groups -OCH3 is 1. The first kappa shape index (κ1) is 15.8. The van der Waals surface area contributed by atoms with Crippen LogP contribution in [-0.4, -0.2) is 19.6 Å². The first-order valence-electron chi connectivity index (χ1n) is 6.99. The number of carbonyl (C=O) groups is 1. The number of ether oxygens (including phenoxy) is 1. The van der Waals surface area contributed by atoms with Crippen LogP contribution in [0.5, 0.6) is 5.75 Å². The molecule has 0 saturated carbocycles. The van der Waals surface area contributed by atoms with Crippen molar-refractivity contribution < 1.29 is 13.9 Å². The van der Waals surface area contributed by atoms with Crippen LogP contribution < -0.4 is 15.4 Å². The highest BCUT2D eigenvalue weighted by Gasteiger charge is 2.06. The van der Waals surface area contributed by atoms with Crippen molar-refractivity contribution in [3.63, 3.8) is 0 Å². The molecule has 116 valence electrons. The van der Waals surface area contributed by atoms with E-state index in [0.717, 1.165) is 11.1 Å². The molecule has 0 radical (unpaired) electrons. The predicted octanol–water partition coefficient (Wildman–Crippen LogP) is 2.87. The fourth-order valence-electron chi connectivity index (χ4n) is 2.02. The first-order chi connectivity index (χ1) is 10.6. The Balaban J connectivity index is 1.83. The number of halogens is 1. The Bertz CT molecular complexity index is 659. The van der Waals surface area contributed by atoms with Crippen LogP contribution in [-0.2, 0) is 11.3 Å². The number of hydrogen-bond donors (Lipinski definition) is 2. The summed E-state index contributed by atoms with van der Waals surface area (Å²) in [6.07, 6.45) is 0. The third-order valence-corrected chi connectivity index (χ3v) is 3.34. The molecule has 0 fully saturated rings. The van der Waals surface area contributed by atoms with E-state index >= 15 is 0 Å². The van der Waals surface area contributed by atoms with Crippen molar-refractivity contribution in [2.45, 2.75) is 13.5 Å². The third kappa shape index (κ3) is 4.22. The van der Waals surface area contributed by atoms with Crippen molar-refractivity contribution in [1.82, 2.24) is 5.32 Å². The average Bonchev–Trinajstić information content (AvgIpc) is 2.52. The summed E-state index contributed by atoms with van der Waals surface area (Å²) in [6, 6.07) is 12.3. The van der Waals surface area contributed by atoms with Crippen molar-refractivity contribution in [3.05, 3.63) is 59.4 Å². The number of hydrogen-bond acceptors (Lipinski definition) is 3. The molecule has 0 saturated heterocycles. The number of amides is 1. The SMILES string of the molecule is COc1ccc(NCC(=O)NCc2ccccc2C)cc1F. The van der Waals surface area contributed by atoms with Crippen molar-refractivity contribution >= 4 is 11.6 Å².